The molecule has 9 heteroatoms. The predicted octanol–water partition coefficient (Wildman–Crippen LogP) is 4.13. The van der Waals surface area contributed by atoms with Gasteiger partial charge in [-0.15, -0.1) is 0 Å². The fourth-order valence-electron chi connectivity index (χ4n) is 2.84. The summed E-state index contributed by atoms with van der Waals surface area (Å²) in [6.45, 7) is 2.39. The van der Waals surface area contributed by atoms with Crippen LogP contribution in [0.25, 0.3) is 22.2 Å². The molecule has 0 N–H and O–H groups in total. The highest BCUT2D eigenvalue weighted by Crippen LogP contribution is 2.25. The number of thioether (sulfide) groups is 1. The number of aryl methyl sites for hydroxylation is 2. The summed E-state index contributed by atoms with van der Waals surface area (Å²) in [4.78, 5) is 26.9. The van der Waals surface area contributed by atoms with Crippen molar-refractivity contribution in [1.82, 2.24) is 9.55 Å². The second-order valence-electron chi connectivity index (χ2n) is 6.08. The van der Waals surface area contributed by atoms with Gasteiger partial charge in [0.1, 0.15) is 5.52 Å². The standard InChI is InChI=1S/C18H15N3O5S/c1-11-3-5-15-13(9-11)19-17(25-15)27-8-2-7-20-14-10-12(21(23)24)4-6-16(14)26-18(20)22/h3-6,9-10H,2,7-8H2,1H3. The van der Waals surface area contributed by atoms with Crippen LogP contribution in [-0.4, -0.2) is 20.2 Å². The molecule has 8 nitrogen and oxygen atoms in total. The summed E-state index contributed by atoms with van der Waals surface area (Å²) in [6.07, 6.45) is 0.652. The van der Waals surface area contributed by atoms with Crippen LogP contribution in [0.5, 0.6) is 0 Å². The average molecular weight is 385 g/mol. The Morgan fingerprint density at radius 3 is 2.81 bits per heavy atom. The fourth-order valence-corrected chi connectivity index (χ4v) is 3.60. The van der Waals surface area contributed by atoms with Gasteiger partial charge in [-0.1, -0.05) is 17.8 Å². The van der Waals surface area contributed by atoms with Gasteiger partial charge < -0.3 is 8.83 Å². The quantitative estimate of drug-likeness (QED) is 0.213. The van der Waals surface area contributed by atoms with Gasteiger partial charge in [0, 0.05) is 24.4 Å². The van der Waals surface area contributed by atoms with Crippen molar-refractivity contribution in [2.45, 2.75) is 25.1 Å². The Balaban J connectivity index is 1.45. The normalized spacial score (nSPS) is 11.4. The molecule has 0 aliphatic rings. The molecule has 2 aromatic heterocycles. The van der Waals surface area contributed by atoms with Gasteiger partial charge in [0.2, 0.25) is 0 Å². The molecule has 2 heterocycles. The number of rotatable bonds is 6. The van der Waals surface area contributed by atoms with Crippen molar-refractivity contribution in [3.05, 3.63) is 62.6 Å². The first kappa shape index (κ1) is 17.3. The highest BCUT2D eigenvalue weighted by atomic mass is 32.2. The van der Waals surface area contributed by atoms with Crippen LogP contribution in [0.15, 0.2) is 55.2 Å². The third-order valence-corrected chi connectivity index (χ3v) is 5.05. The molecule has 0 aliphatic heterocycles. The van der Waals surface area contributed by atoms with E-state index in [9.17, 15) is 14.9 Å². The van der Waals surface area contributed by atoms with E-state index >= 15 is 0 Å². The van der Waals surface area contributed by atoms with Crippen molar-refractivity contribution < 1.29 is 13.8 Å². The van der Waals surface area contributed by atoms with Crippen molar-refractivity contribution >= 4 is 39.6 Å². The van der Waals surface area contributed by atoms with Crippen LogP contribution < -0.4 is 5.76 Å². The lowest BCUT2D eigenvalue weighted by molar-refractivity contribution is -0.384. The summed E-state index contributed by atoms with van der Waals surface area (Å²) in [5.41, 5.74) is 3.37. The van der Waals surface area contributed by atoms with E-state index in [-0.39, 0.29) is 5.69 Å². The summed E-state index contributed by atoms with van der Waals surface area (Å²) in [6, 6.07) is 9.95. The minimum absolute atomic E-state index is 0.0757. The zero-order chi connectivity index (χ0) is 19.0. The molecule has 27 heavy (non-hydrogen) atoms. The van der Waals surface area contributed by atoms with Gasteiger partial charge in [-0.25, -0.2) is 9.78 Å². The lowest BCUT2D eigenvalue weighted by atomic mass is 10.2. The Hall–Kier alpha value is -3.07. The van der Waals surface area contributed by atoms with Gasteiger partial charge in [-0.3, -0.25) is 14.7 Å². The molecule has 0 amide bonds. The van der Waals surface area contributed by atoms with Crippen LogP contribution in [0.2, 0.25) is 0 Å². The van der Waals surface area contributed by atoms with E-state index < -0.39 is 10.7 Å². The molecule has 0 fully saturated rings. The van der Waals surface area contributed by atoms with Crippen molar-refractivity contribution in [1.29, 1.82) is 0 Å². The summed E-state index contributed by atoms with van der Waals surface area (Å²) >= 11 is 1.46. The molecule has 0 bridgehead atoms. The van der Waals surface area contributed by atoms with Crippen molar-refractivity contribution in [3.8, 4) is 0 Å². The Kier molecular flexibility index (Phi) is 4.44. The Bertz CT molecular complexity index is 1210. The zero-order valence-electron chi connectivity index (χ0n) is 14.4. The maximum atomic E-state index is 12.0. The number of fused-ring (bicyclic) bond motifs is 2. The number of nitro groups is 1. The third kappa shape index (κ3) is 3.45. The topological polar surface area (TPSA) is 104 Å². The molecule has 4 rings (SSSR count). The van der Waals surface area contributed by atoms with E-state index in [0.29, 0.717) is 35.0 Å². The third-order valence-electron chi connectivity index (χ3n) is 4.14. The van der Waals surface area contributed by atoms with Crippen LogP contribution in [0, 0.1) is 17.0 Å². The first-order valence-corrected chi connectivity index (χ1v) is 9.27. The molecule has 0 saturated heterocycles. The Morgan fingerprint density at radius 2 is 2.00 bits per heavy atom. The van der Waals surface area contributed by atoms with Gasteiger partial charge in [0.05, 0.1) is 10.4 Å². The molecule has 0 spiro atoms. The second-order valence-corrected chi connectivity index (χ2v) is 7.13. The highest BCUT2D eigenvalue weighted by Gasteiger charge is 2.14. The minimum atomic E-state index is -0.521. The molecule has 0 aliphatic carbocycles. The van der Waals surface area contributed by atoms with Crippen molar-refractivity contribution in [2.75, 3.05) is 5.75 Å². The van der Waals surface area contributed by atoms with Gasteiger partial charge in [0.15, 0.2) is 11.2 Å². The molecule has 0 radical (unpaired) electrons. The number of benzene rings is 2. The first-order valence-electron chi connectivity index (χ1n) is 8.29. The van der Waals surface area contributed by atoms with E-state index in [1.54, 1.807) is 0 Å². The van der Waals surface area contributed by atoms with E-state index in [2.05, 4.69) is 4.98 Å². The van der Waals surface area contributed by atoms with E-state index in [0.717, 1.165) is 16.7 Å². The maximum Gasteiger partial charge on any atom is 0.419 e. The zero-order valence-corrected chi connectivity index (χ0v) is 15.2. The number of nitro benzene ring substituents is 1. The van der Waals surface area contributed by atoms with Gasteiger partial charge in [-0.2, -0.15) is 0 Å². The number of aromatic nitrogens is 2. The fraction of sp³-hybridized carbons (Fsp3) is 0.222. The smallest absolute Gasteiger partial charge is 0.419 e. The summed E-state index contributed by atoms with van der Waals surface area (Å²) in [5.74, 6) is 0.160. The minimum Gasteiger partial charge on any atom is -0.431 e. The molecular weight excluding hydrogens is 370 g/mol. The summed E-state index contributed by atoms with van der Waals surface area (Å²) in [7, 11) is 0. The van der Waals surface area contributed by atoms with Crippen LogP contribution in [-0.2, 0) is 6.54 Å². The molecule has 2 aromatic carbocycles. The van der Waals surface area contributed by atoms with Gasteiger partial charge >= 0.3 is 5.76 Å². The summed E-state index contributed by atoms with van der Waals surface area (Å²) < 4.78 is 12.2. The molecule has 0 unspecified atom stereocenters. The van der Waals surface area contributed by atoms with Gasteiger partial charge in [0.25, 0.3) is 10.9 Å². The molecule has 0 atom stereocenters. The average Bonchev–Trinajstić information content (AvgIpc) is 3.17. The molecule has 138 valence electrons. The monoisotopic (exact) mass is 385 g/mol. The predicted molar refractivity (Wildman–Crippen MR) is 101 cm³/mol. The number of oxazole rings is 2. The van der Waals surface area contributed by atoms with E-state index in [4.69, 9.17) is 8.83 Å². The number of hydrogen-bond donors (Lipinski definition) is 0. The van der Waals surface area contributed by atoms with Crippen molar-refractivity contribution in [2.24, 2.45) is 0 Å². The largest absolute Gasteiger partial charge is 0.431 e. The Morgan fingerprint density at radius 1 is 1.19 bits per heavy atom. The van der Waals surface area contributed by atoms with E-state index in [1.165, 1.54) is 34.5 Å². The van der Waals surface area contributed by atoms with Crippen LogP contribution in [0.3, 0.4) is 0 Å². The second kappa shape index (κ2) is 6.92. The van der Waals surface area contributed by atoms with E-state index in [1.807, 2.05) is 25.1 Å². The highest BCUT2D eigenvalue weighted by molar-refractivity contribution is 7.99. The van der Waals surface area contributed by atoms with Gasteiger partial charge in [-0.05, 0) is 37.1 Å². The lowest BCUT2D eigenvalue weighted by Gasteiger charge is -2.01. The Labute approximate surface area is 156 Å². The number of nitrogens with zero attached hydrogens (tertiary/aromatic N) is 3. The van der Waals surface area contributed by atoms with Crippen LogP contribution >= 0.6 is 11.8 Å². The van der Waals surface area contributed by atoms with Crippen molar-refractivity contribution in [3.63, 3.8) is 0 Å². The number of non-ortho nitro benzene ring substituents is 1. The number of hydrogen-bond acceptors (Lipinski definition) is 7. The first-order chi connectivity index (χ1) is 13.0. The molecular formula is C18H15N3O5S. The van der Waals surface area contributed by atoms with Crippen LogP contribution in [0.4, 0.5) is 5.69 Å². The lowest BCUT2D eigenvalue weighted by Crippen LogP contribution is -2.14. The molecule has 4 aromatic rings. The summed E-state index contributed by atoms with van der Waals surface area (Å²) in [5, 5.41) is 11.5. The molecule has 0 saturated carbocycles. The van der Waals surface area contributed by atoms with Crippen LogP contribution in [0.1, 0.15) is 12.0 Å². The maximum absolute atomic E-state index is 12.0. The SMILES string of the molecule is Cc1ccc2oc(SCCCn3c(=O)oc4ccc([N+](=O)[O-])cc43)nc2c1.